The number of aromatic nitrogens is 2. The van der Waals surface area contributed by atoms with Crippen LogP contribution in [0.25, 0.3) is 61.5 Å². The molecule has 3 heterocycles. The highest BCUT2D eigenvalue weighted by atomic mass is 16.5. The van der Waals surface area contributed by atoms with E-state index >= 15 is 0 Å². The number of para-hydroxylation sites is 2. The molecule has 3 aliphatic carbocycles. The number of hydrogen-bond acceptors (Lipinski definition) is 4. The maximum Gasteiger partial charge on any atom is 0.137 e. The third-order valence-corrected chi connectivity index (χ3v) is 11.0. The highest BCUT2D eigenvalue weighted by Gasteiger charge is 2.42. The lowest BCUT2D eigenvalue weighted by Gasteiger charge is -2.31. The van der Waals surface area contributed by atoms with Crippen molar-refractivity contribution in [2.24, 2.45) is 0 Å². The van der Waals surface area contributed by atoms with Crippen molar-refractivity contribution in [1.29, 1.82) is 0 Å². The quantitative estimate of drug-likeness (QED) is 0.192. The number of fused-ring (bicyclic) bond motifs is 9. The summed E-state index contributed by atoms with van der Waals surface area (Å²) in [7, 11) is 0. The van der Waals surface area contributed by atoms with Crippen molar-refractivity contribution >= 4 is 50.4 Å². The smallest absolute Gasteiger partial charge is 0.137 e. The van der Waals surface area contributed by atoms with Gasteiger partial charge in [0.15, 0.2) is 0 Å². The fraction of sp³-hybridized carbons (Fsp3) is 0.130. The van der Waals surface area contributed by atoms with Crippen molar-refractivity contribution in [2.75, 3.05) is 0 Å². The predicted molar refractivity (Wildman–Crippen MR) is 201 cm³/mol. The molecule has 3 unspecified atom stereocenters. The number of benzene rings is 5. The fourth-order valence-electron chi connectivity index (χ4n) is 8.70. The average Bonchev–Trinajstić information content (AvgIpc) is 3.75. The van der Waals surface area contributed by atoms with Crippen molar-refractivity contribution in [3.63, 3.8) is 0 Å². The molecule has 1 aliphatic heterocycles. The summed E-state index contributed by atoms with van der Waals surface area (Å²) in [6, 6.07) is 38.6. The van der Waals surface area contributed by atoms with Crippen LogP contribution in [-0.2, 0) is 0 Å². The van der Waals surface area contributed by atoms with Gasteiger partial charge in [-0.2, -0.15) is 0 Å². The molecule has 5 aromatic carbocycles. The molecule has 0 saturated carbocycles. The predicted octanol–water partition coefficient (Wildman–Crippen LogP) is 9.53. The molecule has 4 heteroatoms. The number of allylic oxidation sites excluding steroid dienone is 4. The Morgan fingerprint density at radius 3 is 2.56 bits per heavy atom. The van der Waals surface area contributed by atoms with Crippen LogP contribution in [0.5, 0.6) is 5.75 Å². The molecule has 7 aromatic rings. The monoisotopic (exact) mass is 644 g/mol. The number of furan rings is 1. The molecule has 238 valence electrons. The maximum atomic E-state index is 6.89. The third-order valence-electron chi connectivity index (χ3n) is 11.0. The van der Waals surface area contributed by atoms with Gasteiger partial charge in [-0.15, -0.1) is 0 Å². The molecule has 0 fully saturated rings. The molecule has 0 bridgehead atoms. The minimum Gasteiger partial charge on any atom is -0.485 e. The van der Waals surface area contributed by atoms with Crippen LogP contribution in [0, 0.1) is 0 Å². The number of nitrogens with zero attached hydrogens (tertiary/aromatic N) is 2. The maximum absolute atomic E-state index is 6.89. The minimum absolute atomic E-state index is 0.00810. The first-order valence-corrected chi connectivity index (χ1v) is 17.6. The fourth-order valence-corrected chi connectivity index (χ4v) is 8.70. The number of rotatable bonds is 3. The molecule has 0 N–H and O–H groups in total. The van der Waals surface area contributed by atoms with Crippen LogP contribution < -0.4 is 15.4 Å². The molecule has 3 atom stereocenters. The van der Waals surface area contributed by atoms with Gasteiger partial charge in [-0.3, -0.25) is 0 Å². The van der Waals surface area contributed by atoms with Gasteiger partial charge in [0.2, 0.25) is 0 Å². The van der Waals surface area contributed by atoms with E-state index in [1.165, 1.54) is 49.4 Å². The van der Waals surface area contributed by atoms with Gasteiger partial charge < -0.3 is 9.15 Å². The first-order chi connectivity index (χ1) is 24.8. The Morgan fingerprint density at radius 1 is 0.740 bits per heavy atom. The summed E-state index contributed by atoms with van der Waals surface area (Å²) in [5, 5.41) is 5.88. The molecule has 0 radical (unpaired) electrons. The second-order valence-corrected chi connectivity index (χ2v) is 13.8. The zero-order valence-corrected chi connectivity index (χ0v) is 27.3. The summed E-state index contributed by atoms with van der Waals surface area (Å²) >= 11 is 0. The van der Waals surface area contributed by atoms with Crippen molar-refractivity contribution in [3.8, 4) is 16.9 Å². The Balaban J connectivity index is 1.09. The lowest BCUT2D eigenvalue weighted by Crippen LogP contribution is -2.27. The second-order valence-electron chi connectivity index (χ2n) is 13.8. The number of hydrogen-bond donors (Lipinski definition) is 0. The SMILES string of the molecule is C1=CC2=C(CC1)C1Oc3cccc(-c4ccc5ccccc5c4)c3C1C=C2c1nc(C2C=c3oc4ccccc4c3=CC2)nc2ccccc12. The first-order valence-electron chi connectivity index (χ1n) is 17.6. The minimum atomic E-state index is -0.0318. The lowest BCUT2D eigenvalue weighted by atomic mass is 9.74. The van der Waals surface area contributed by atoms with Crippen molar-refractivity contribution in [1.82, 2.24) is 9.97 Å². The highest BCUT2D eigenvalue weighted by molar-refractivity contribution is 5.97. The van der Waals surface area contributed by atoms with Gasteiger partial charge in [0.25, 0.3) is 0 Å². The molecule has 4 nitrogen and oxygen atoms in total. The van der Waals surface area contributed by atoms with Crippen LogP contribution in [0.2, 0.25) is 0 Å². The zero-order chi connectivity index (χ0) is 32.8. The van der Waals surface area contributed by atoms with Crippen LogP contribution in [0.15, 0.2) is 143 Å². The van der Waals surface area contributed by atoms with Crippen LogP contribution in [0.3, 0.4) is 0 Å². The largest absolute Gasteiger partial charge is 0.485 e. The molecular formula is C46H32N2O2. The van der Waals surface area contributed by atoms with Gasteiger partial charge in [-0.1, -0.05) is 109 Å². The Kier molecular flexibility index (Phi) is 6.00. The van der Waals surface area contributed by atoms with Crippen molar-refractivity contribution in [3.05, 3.63) is 166 Å². The Labute approximate surface area is 289 Å². The van der Waals surface area contributed by atoms with Crippen LogP contribution >= 0.6 is 0 Å². The highest BCUT2D eigenvalue weighted by Crippen LogP contribution is 2.53. The van der Waals surface area contributed by atoms with E-state index in [0.29, 0.717) is 0 Å². The standard InChI is InChI=1S/C46H32N2O2/c1-2-11-28-24-29(21-20-27(28)10-1)31-16-9-19-41-43(31)38-26-37(32-12-3-4-14-35(32)45(38)50-41)44-36-15-5-7-17-39(36)47-46(48-44)30-22-23-34-33-13-6-8-18-40(33)49-42(34)25-30/h1-3,5-13,15-21,23-26,30,38,45H,4,14,22H2. The van der Waals surface area contributed by atoms with Crippen LogP contribution in [0.4, 0.5) is 0 Å². The molecule has 4 aliphatic rings. The van der Waals surface area contributed by atoms with Gasteiger partial charge in [0.05, 0.1) is 11.2 Å². The summed E-state index contributed by atoms with van der Waals surface area (Å²) < 4.78 is 13.2. The van der Waals surface area contributed by atoms with E-state index in [0.717, 1.165) is 63.8 Å². The van der Waals surface area contributed by atoms with E-state index < -0.39 is 0 Å². The van der Waals surface area contributed by atoms with E-state index in [1.807, 2.05) is 12.1 Å². The molecule has 0 amide bonds. The van der Waals surface area contributed by atoms with E-state index in [4.69, 9.17) is 19.1 Å². The molecular weight excluding hydrogens is 613 g/mol. The summed E-state index contributed by atoms with van der Waals surface area (Å²) in [5.41, 5.74) is 11.3. The number of ether oxygens (including phenoxy) is 1. The van der Waals surface area contributed by atoms with Gasteiger partial charge in [0.1, 0.15) is 28.7 Å². The van der Waals surface area contributed by atoms with Crippen molar-refractivity contribution < 1.29 is 9.15 Å². The van der Waals surface area contributed by atoms with Crippen LogP contribution in [0.1, 0.15) is 48.2 Å². The van der Waals surface area contributed by atoms with Crippen molar-refractivity contribution in [2.45, 2.75) is 37.2 Å². The van der Waals surface area contributed by atoms with E-state index in [1.54, 1.807) is 0 Å². The Bertz CT molecular complexity index is 2800. The van der Waals surface area contributed by atoms with E-state index in [9.17, 15) is 0 Å². The summed E-state index contributed by atoms with van der Waals surface area (Å²) in [5.74, 6) is 1.88. The van der Waals surface area contributed by atoms with Gasteiger partial charge in [-0.25, -0.2) is 9.97 Å². The molecule has 2 aromatic heterocycles. The van der Waals surface area contributed by atoms with E-state index in [2.05, 4.69) is 127 Å². The average molecular weight is 645 g/mol. The first kappa shape index (κ1) is 27.9. The summed E-state index contributed by atoms with van der Waals surface area (Å²) in [6.45, 7) is 0. The normalized spacial score (nSPS) is 20.4. The van der Waals surface area contributed by atoms with Gasteiger partial charge >= 0.3 is 0 Å². The van der Waals surface area contributed by atoms with Gasteiger partial charge in [0, 0.05) is 39.0 Å². The summed E-state index contributed by atoms with van der Waals surface area (Å²) in [6.07, 6.45) is 14.3. The molecule has 0 saturated heterocycles. The second kappa shape index (κ2) is 10.8. The molecule has 0 spiro atoms. The summed E-state index contributed by atoms with van der Waals surface area (Å²) in [4.78, 5) is 10.6. The third kappa shape index (κ3) is 4.18. The lowest BCUT2D eigenvalue weighted by molar-refractivity contribution is 0.250. The van der Waals surface area contributed by atoms with E-state index in [-0.39, 0.29) is 17.9 Å². The topological polar surface area (TPSA) is 48.2 Å². The van der Waals surface area contributed by atoms with Gasteiger partial charge in [-0.05, 0) is 82.6 Å². The molecule has 50 heavy (non-hydrogen) atoms. The zero-order valence-electron chi connectivity index (χ0n) is 27.3. The molecule has 11 rings (SSSR count). The van der Waals surface area contributed by atoms with Crippen LogP contribution in [-0.4, -0.2) is 16.1 Å². The Hall–Kier alpha value is -6.00. The Morgan fingerprint density at radius 2 is 1.60 bits per heavy atom.